The molecule has 0 saturated heterocycles. The van der Waals surface area contributed by atoms with Crippen molar-refractivity contribution >= 4 is 65.4 Å². The lowest BCUT2D eigenvalue weighted by Gasteiger charge is -1.98. The van der Waals surface area contributed by atoms with Gasteiger partial charge in [-0.25, -0.2) is 9.19 Å². The van der Waals surface area contributed by atoms with Crippen molar-refractivity contribution in [2.75, 3.05) is 0 Å². The summed E-state index contributed by atoms with van der Waals surface area (Å²) >= 11 is 12.6. The molecule has 0 aliphatic heterocycles. The molecule has 3 aromatic rings. The van der Waals surface area contributed by atoms with E-state index >= 15 is 0 Å². The summed E-state index contributed by atoms with van der Waals surface area (Å²) in [6.45, 7) is 0. The van der Waals surface area contributed by atoms with E-state index in [1.807, 2.05) is 18.2 Å². The predicted molar refractivity (Wildman–Crippen MR) is 91.0 cm³/mol. The summed E-state index contributed by atoms with van der Waals surface area (Å²) in [6.07, 6.45) is 0. The normalized spacial score (nSPS) is 12.7. The van der Waals surface area contributed by atoms with Crippen molar-refractivity contribution in [1.29, 1.82) is 0 Å². The van der Waals surface area contributed by atoms with Gasteiger partial charge in [0.15, 0.2) is 5.58 Å². The van der Waals surface area contributed by atoms with Crippen LogP contribution in [-0.4, -0.2) is 9.19 Å². The molecular weight excluding hydrogens is 441 g/mol. The van der Waals surface area contributed by atoms with Gasteiger partial charge in [0, 0.05) is 14.0 Å². The maximum Gasteiger partial charge on any atom is 0.288 e. The summed E-state index contributed by atoms with van der Waals surface area (Å²) < 4.78 is 19.6. The van der Waals surface area contributed by atoms with Gasteiger partial charge in [0.25, 0.3) is 5.22 Å². The van der Waals surface area contributed by atoms with Crippen LogP contribution in [0.5, 0.6) is 0 Å². The first-order valence-corrected chi connectivity index (χ1v) is 9.19. The molecule has 0 bridgehead atoms. The van der Waals surface area contributed by atoms with Crippen LogP contribution in [0.4, 0.5) is 0 Å². The zero-order valence-electron chi connectivity index (χ0n) is 10.5. The summed E-state index contributed by atoms with van der Waals surface area (Å²) in [4.78, 5) is 4.28. The van der Waals surface area contributed by atoms with Gasteiger partial charge in [-0.2, -0.15) is 0 Å². The van der Waals surface area contributed by atoms with Crippen LogP contribution >= 0.6 is 43.5 Å². The molecule has 0 fully saturated rings. The monoisotopic (exact) mass is 447 g/mol. The van der Waals surface area contributed by atoms with Crippen molar-refractivity contribution in [3.05, 3.63) is 55.9 Å². The standard InChI is InChI=1S/C14H8Br2ClNO2S/c15-10-5-12-13(6-11(10)16)20-14(18-12)21(19)7-8-1-3-9(17)4-2-8/h1-6H,7H2. The first-order valence-electron chi connectivity index (χ1n) is 5.91. The molecule has 3 rings (SSSR count). The Bertz CT molecular complexity index is 794. The fourth-order valence-electron chi connectivity index (χ4n) is 1.79. The molecule has 2 aromatic carbocycles. The Hall–Kier alpha value is -0.690. The number of aromatic nitrogens is 1. The minimum Gasteiger partial charge on any atom is -0.430 e. The molecule has 7 heteroatoms. The molecule has 21 heavy (non-hydrogen) atoms. The lowest BCUT2D eigenvalue weighted by Crippen LogP contribution is -1.96. The van der Waals surface area contributed by atoms with E-state index in [0.29, 0.717) is 21.9 Å². The summed E-state index contributed by atoms with van der Waals surface area (Å²) in [5.74, 6) is 0.340. The molecule has 0 spiro atoms. The summed E-state index contributed by atoms with van der Waals surface area (Å²) in [5.41, 5.74) is 2.19. The molecule has 1 atom stereocenters. The van der Waals surface area contributed by atoms with Crippen LogP contribution in [0.15, 0.2) is 55.0 Å². The highest BCUT2D eigenvalue weighted by Gasteiger charge is 2.14. The number of oxazole rings is 1. The van der Waals surface area contributed by atoms with Crippen LogP contribution < -0.4 is 0 Å². The Morgan fingerprint density at radius 1 is 1.14 bits per heavy atom. The van der Waals surface area contributed by atoms with Gasteiger partial charge in [0.1, 0.15) is 16.3 Å². The summed E-state index contributed by atoms with van der Waals surface area (Å²) in [5, 5.41) is 0.881. The predicted octanol–water partition coefficient (Wildman–Crippen LogP) is 5.31. The number of nitrogens with zero attached hydrogens (tertiary/aromatic N) is 1. The average Bonchev–Trinajstić information content (AvgIpc) is 2.85. The van der Waals surface area contributed by atoms with Crippen molar-refractivity contribution in [3.63, 3.8) is 0 Å². The van der Waals surface area contributed by atoms with E-state index in [0.717, 1.165) is 14.5 Å². The van der Waals surface area contributed by atoms with E-state index in [-0.39, 0.29) is 5.22 Å². The second-order valence-electron chi connectivity index (χ2n) is 4.33. The van der Waals surface area contributed by atoms with Crippen molar-refractivity contribution in [2.45, 2.75) is 11.0 Å². The number of rotatable bonds is 3. The third kappa shape index (κ3) is 3.39. The van der Waals surface area contributed by atoms with Crippen LogP contribution in [0.1, 0.15) is 5.56 Å². The van der Waals surface area contributed by atoms with E-state index < -0.39 is 10.8 Å². The number of halogens is 3. The molecular formula is C14H8Br2ClNO2S. The van der Waals surface area contributed by atoms with Crippen molar-refractivity contribution in [1.82, 2.24) is 4.98 Å². The number of benzene rings is 2. The molecule has 0 radical (unpaired) electrons. The molecule has 0 aliphatic rings. The van der Waals surface area contributed by atoms with Crippen LogP contribution in [0.3, 0.4) is 0 Å². The van der Waals surface area contributed by atoms with Crippen LogP contribution in [0.25, 0.3) is 11.1 Å². The minimum atomic E-state index is -1.34. The van der Waals surface area contributed by atoms with Crippen LogP contribution in [0.2, 0.25) is 5.02 Å². The summed E-state index contributed by atoms with van der Waals surface area (Å²) in [7, 11) is -1.34. The SMILES string of the molecule is O=S(Cc1ccc(Cl)cc1)c1nc2cc(Br)c(Br)cc2o1. The van der Waals surface area contributed by atoms with Gasteiger partial charge in [-0.15, -0.1) is 0 Å². The van der Waals surface area contributed by atoms with E-state index in [9.17, 15) is 4.21 Å². The Kier molecular flexibility index (Phi) is 4.49. The second kappa shape index (κ2) is 6.20. The summed E-state index contributed by atoms with van der Waals surface area (Å²) in [6, 6.07) is 10.9. The highest BCUT2D eigenvalue weighted by Crippen LogP contribution is 2.29. The van der Waals surface area contributed by atoms with E-state index in [2.05, 4.69) is 36.8 Å². The highest BCUT2D eigenvalue weighted by atomic mass is 79.9. The maximum absolute atomic E-state index is 12.3. The van der Waals surface area contributed by atoms with Crippen molar-refractivity contribution < 1.29 is 8.63 Å². The quantitative estimate of drug-likeness (QED) is 0.544. The van der Waals surface area contributed by atoms with E-state index in [4.69, 9.17) is 16.0 Å². The van der Waals surface area contributed by atoms with Gasteiger partial charge in [0.05, 0.1) is 5.75 Å². The maximum atomic E-state index is 12.3. The largest absolute Gasteiger partial charge is 0.430 e. The first-order chi connectivity index (χ1) is 10.0. The third-order valence-electron chi connectivity index (χ3n) is 2.82. The zero-order valence-corrected chi connectivity index (χ0v) is 15.2. The number of hydrogen-bond donors (Lipinski definition) is 0. The molecule has 0 N–H and O–H groups in total. The molecule has 0 saturated carbocycles. The average molecular weight is 450 g/mol. The fourth-order valence-corrected chi connectivity index (χ4v) is 3.57. The van der Waals surface area contributed by atoms with E-state index in [1.54, 1.807) is 18.2 Å². The van der Waals surface area contributed by atoms with Crippen LogP contribution in [-0.2, 0) is 16.6 Å². The second-order valence-corrected chi connectivity index (χ2v) is 7.80. The lowest BCUT2D eigenvalue weighted by molar-refractivity contribution is 0.477. The number of hydrogen-bond acceptors (Lipinski definition) is 3. The number of fused-ring (bicyclic) bond motifs is 1. The molecule has 108 valence electrons. The molecule has 1 aromatic heterocycles. The van der Waals surface area contributed by atoms with Gasteiger partial charge in [-0.1, -0.05) is 23.7 Å². The Labute approximate surface area is 145 Å². The first kappa shape index (κ1) is 15.2. The fraction of sp³-hybridized carbons (Fsp3) is 0.0714. The Morgan fingerprint density at radius 3 is 2.52 bits per heavy atom. The highest BCUT2D eigenvalue weighted by molar-refractivity contribution is 9.13. The Balaban J connectivity index is 1.89. The molecule has 1 unspecified atom stereocenters. The molecule has 3 nitrogen and oxygen atoms in total. The van der Waals surface area contributed by atoms with Gasteiger partial charge >= 0.3 is 0 Å². The molecule has 0 aliphatic carbocycles. The molecule has 1 heterocycles. The van der Waals surface area contributed by atoms with Gasteiger partial charge in [-0.3, -0.25) is 0 Å². The van der Waals surface area contributed by atoms with Gasteiger partial charge < -0.3 is 4.42 Å². The topological polar surface area (TPSA) is 43.1 Å². The minimum absolute atomic E-state index is 0.227. The lowest BCUT2D eigenvalue weighted by atomic mass is 10.2. The van der Waals surface area contributed by atoms with E-state index in [1.165, 1.54) is 0 Å². The van der Waals surface area contributed by atoms with Crippen LogP contribution in [0, 0.1) is 0 Å². The zero-order chi connectivity index (χ0) is 15.0. The Morgan fingerprint density at radius 2 is 1.81 bits per heavy atom. The smallest absolute Gasteiger partial charge is 0.288 e. The molecule has 0 amide bonds. The van der Waals surface area contributed by atoms with Crippen molar-refractivity contribution in [2.24, 2.45) is 0 Å². The van der Waals surface area contributed by atoms with Gasteiger partial charge in [0.2, 0.25) is 0 Å². The third-order valence-corrected chi connectivity index (χ3v) is 6.07. The van der Waals surface area contributed by atoms with Crippen molar-refractivity contribution in [3.8, 4) is 0 Å². The van der Waals surface area contributed by atoms with Gasteiger partial charge in [-0.05, 0) is 61.7 Å².